The molecule has 0 radical (unpaired) electrons. The van der Waals surface area contributed by atoms with Gasteiger partial charge in [0.05, 0.1) is 12.2 Å². The number of hydrogen-bond donors (Lipinski definition) is 2. The molecule has 0 aliphatic carbocycles. The molecule has 0 heterocycles. The molecular weight excluding hydrogens is 240 g/mol. The lowest BCUT2D eigenvalue weighted by Gasteiger charge is -2.12. The largest absolute Gasteiger partial charge is 0.455 e. The van der Waals surface area contributed by atoms with E-state index in [2.05, 4.69) is 10.6 Å². The average molecular weight is 256 g/mol. The first kappa shape index (κ1) is 13.0. The standard InChI is InChI=1S/C15H16N2O2/c1-16-15(18)11-17-13-9-5-6-10-14(13)19-12-7-3-2-4-8-12/h2-10,17H,11H2,1H3,(H,16,18). The Morgan fingerprint density at radius 3 is 2.47 bits per heavy atom. The second kappa shape index (κ2) is 6.44. The Morgan fingerprint density at radius 1 is 1.05 bits per heavy atom. The van der Waals surface area contributed by atoms with Crippen LogP contribution in [0.3, 0.4) is 0 Å². The Balaban J connectivity index is 2.10. The Kier molecular flexibility index (Phi) is 4.39. The van der Waals surface area contributed by atoms with E-state index in [4.69, 9.17) is 4.74 Å². The van der Waals surface area contributed by atoms with Gasteiger partial charge in [-0.15, -0.1) is 0 Å². The summed E-state index contributed by atoms with van der Waals surface area (Å²) in [4.78, 5) is 11.2. The molecule has 0 fully saturated rings. The van der Waals surface area contributed by atoms with Crippen molar-refractivity contribution < 1.29 is 9.53 Å². The van der Waals surface area contributed by atoms with Gasteiger partial charge in [0.1, 0.15) is 5.75 Å². The van der Waals surface area contributed by atoms with Gasteiger partial charge >= 0.3 is 0 Å². The fourth-order valence-electron chi connectivity index (χ4n) is 1.58. The lowest BCUT2D eigenvalue weighted by atomic mass is 10.3. The molecular formula is C15H16N2O2. The van der Waals surface area contributed by atoms with E-state index in [-0.39, 0.29) is 12.5 Å². The number of ether oxygens (including phenoxy) is 1. The summed E-state index contributed by atoms with van der Waals surface area (Å²) in [5.41, 5.74) is 0.787. The number of carbonyl (C=O) groups excluding carboxylic acids is 1. The molecule has 4 nitrogen and oxygen atoms in total. The second-order valence-corrected chi connectivity index (χ2v) is 3.94. The van der Waals surface area contributed by atoms with Crippen molar-refractivity contribution in [1.82, 2.24) is 5.32 Å². The second-order valence-electron chi connectivity index (χ2n) is 3.94. The summed E-state index contributed by atoms with van der Waals surface area (Å²) < 4.78 is 5.78. The fourth-order valence-corrected chi connectivity index (χ4v) is 1.58. The van der Waals surface area contributed by atoms with Gasteiger partial charge in [0.15, 0.2) is 5.75 Å². The monoisotopic (exact) mass is 256 g/mol. The van der Waals surface area contributed by atoms with Gasteiger partial charge in [0.25, 0.3) is 0 Å². The van der Waals surface area contributed by atoms with E-state index in [0.29, 0.717) is 5.75 Å². The molecule has 0 saturated carbocycles. The summed E-state index contributed by atoms with van der Waals surface area (Å²) >= 11 is 0. The number of likely N-dealkylation sites (N-methyl/N-ethyl adjacent to an activating group) is 1. The summed E-state index contributed by atoms with van der Waals surface area (Å²) in [5.74, 6) is 1.38. The smallest absolute Gasteiger partial charge is 0.239 e. The average Bonchev–Trinajstić information content (AvgIpc) is 2.47. The van der Waals surface area contributed by atoms with Crippen LogP contribution in [0, 0.1) is 0 Å². The minimum atomic E-state index is -0.0745. The number of rotatable bonds is 5. The fraction of sp³-hybridized carbons (Fsp3) is 0.133. The molecule has 2 aromatic rings. The SMILES string of the molecule is CNC(=O)CNc1ccccc1Oc1ccccc1. The number of benzene rings is 2. The highest BCUT2D eigenvalue weighted by atomic mass is 16.5. The maximum absolute atomic E-state index is 11.2. The lowest BCUT2D eigenvalue weighted by Crippen LogP contribution is -2.26. The molecule has 98 valence electrons. The molecule has 4 heteroatoms. The maximum atomic E-state index is 11.2. The van der Waals surface area contributed by atoms with Gasteiger partial charge in [-0.25, -0.2) is 0 Å². The molecule has 0 saturated heterocycles. The number of hydrogen-bond acceptors (Lipinski definition) is 3. The molecule has 0 aromatic heterocycles. The van der Waals surface area contributed by atoms with Gasteiger partial charge in [0, 0.05) is 7.05 Å². The van der Waals surface area contributed by atoms with Crippen molar-refractivity contribution in [2.24, 2.45) is 0 Å². The van der Waals surface area contributed by atoms with Crippen LogP contribution in [-0.2, 0) is 4.79 Å². The minimum Gasteiger partial charge on any atom is -0.455 e. The van der Waals surface area contributed by atoms with Crippen LogP contribution in [0.15, 0.2) is 54.6 Å². The summed E-state index contributed by atoms with van der Waals surface area (Å²) in [7, 11) is 1.61. The van der Waals surface area contributed by atoms with Crippen LogP contribution < -0.4 is 15.4 Å². The molecule has 0 atom stereocenters. The van der Waals surface area contributed by atoms with E-state index in [1.54, 1.807) is 7.05 Å². The maximum Gasteiger partial charge on any atom is 0.239 e. The Hall–Kier alpha value is -2.49. The van der Waals surface area contributed by atoms with Gasteiger partial charge in [-0.3, -0.25) is 4.79 Å². The van der Waals surface area contributed by atoms with Crippen molar-refractivity contribution in [2.75, 3.05) is 18.9 Å². The van der Waals surface area contributed by atoms with Crippen molar-refractivity contribution >= 4 is 11.6 Å². The van der Waals surface area contributed by atoms with Crippen LogP contribution in [0.1, 0.15) is 0 Å². The molecule has 0 aliphatic rings. The Labute approximate surface area is 112 Å². The van der Waals surface area contributed by atoms with Gasteiger partial charge < -0.3 is 15.4 Å². The molecule has 19 heavy (non-hydrogen) atoms. The molecule has 2 N–H and O–H groups in total. The van der Waals surface area contributed by atoms with Crippen LogP contribution in [0.5, 0.6) is 11.5 Å². The molecule has 2 aromatic carbocycles. The van der Waals surface area contributed by atoms with E-state index in [1.165, 1.54) is 0 Å². The van der Waals surface area contributed by atoms with E-state index in [9.17, 15) is 4.79 Å². The number of para-hydroxylation sites is 3. The predicted octanol–water partition coefficient (Wildman–Crippen LogP) is 2.64. The summed E-state index contributed by atoms with van der Waals surface area (Å²) in [6.07, 6.45) is 0. The first-order chi connectivity index (χ1) is 9.29. The third-order valence-electron chi connectivity index (χ3n) is 2.58. The van der Waals surface area contributed by atoms with Crippen molar-refractivity contribution in [3.8, 4) is 11.5 Å². The predicted molar refractivity (Wildman–Crippen MR) is 75.5 cm³/mol. The van der Waals surface area contributed by atoms with Crippen LogP contribution in [0.2, 0.25) is 0 Å². The summed E-state index contributed by atoms with van der Waals surface area (Å²) in [5, 5.41) is 5.61. The molecule has 1 amide bonds. The van der Waals surface area contributed by atoms with Crippen LogP contribution in [0.4, 0.5) is 5.69 Å². The number of anilines is 1. The van der Waals surface area contributed by atoms with Gasteiger partial charge in [-0.05, 0) is 24.3 Å². The highest BCUT2D eigenvalue weighted by Gasteiger charge is 2.05. The molecule has 0 bridgehead atoms. The van der Waals surface area contributed by atoms with Crippen molar-refractivity contribution in [3.63, 3.8) is 0 Å². The number of nitrogens with one attached hydrogen (secondary N) is 2. The van der Waals surface area contributed by atoms with Gasteiger partial charge in [-0.1, -0.05) is 30.3 Å². The number of carbonyl (C=O) groups is 1. The van der Waals surface area contributed by atoms with E-state index in [0.717, 1.165) is 11.4 Å². The number of amides is 1. The van der Waals surface area contributed by atoms with Crippen molar-refractivity contribution in [2.45, 2.75) is 0 Å². The zero-order valence-electron chi connectivity index (χ0n) is 10.7. The molecule has 0 spiro atoms. The van der Waals surface area contributed by atoms with E-state index in [1.807, 2.05) is 54.6 Å². The third kappa shape index (κ3) is 3.74. The van der Waals surface area contributed by atoms with Crippen LogP contribution >= 0.6 is 0 Å². The van der Waals surface area contributed by atoms with Gasteiger partial charge in [0.2, 0.25) is 5.91 Å². The summed E-state index contributed by atoms with van der Waals surface area (Å²) in [6, 6.07) is 17.0. The summed E-state index contributed by atoms with van der Waals surface area (Å²) in [6.45, 7) is 0.214. The first-order valence-electron chi connectivity index (χ1n) is 6.06. The first-order valence-corrected chi connectivity index (χ1v) is 6.06. The van der Waals surface area contributed by atoms with Crippen molar-refractivity contribution in [3.05, 3.63) is 54.6 Å². The van der Waals surface area contributed by atoms with Gasteiger partial charge in [-0.2, -0.15) is 0 Å². The quantitative estimate of drug-likeness (QED) is 0.864. The molecule has 0 unspecified atom stereocenters. The normalized spacial score (nSPS) is 9.74. The van der Waals surface area contributed by atoms with Crippen LogP contribution in [-0.4, -0.2) is 19.5 Å². The van der Waals surface area contributed by atoms with E-state index < -0.39 is 0 Å². The highest BCUT2D eigenvalue weighted by Crippen LogP contribution is 2.28. The minimum absolute atomic E-state index is 0.0745. The lowest BCUT2D eigenvalue weighted by molar-refractivity contribution is -0.118. The van der Waals surface area contributed by atoms with Crippen molar-refractivity contribution in [1.29, 1.82) is 0 Å². The molecule has 2 rings (SSSR count). The highest BCUT2D eigenvalue weighted by molar-refractivity contribution is 5.81. The Bertz CT molecular complexity index is 541. The topological polar surface area (TPSA) is 50.4 Å². The molecule has 0 aliphatic heterocycles. The van der Waals surface area contributed by atoms with Crippen LogP contribution in [0.25, 0.3) is 0 Å². The zero-order chi connectivity index (χ0) is 13.5. The zero-order valence-corrected chi connectivity index (χ0v) is 10.7. The Morgan fingerprint density at radius 2 is 1.74 bits per heavy atom. The van der Waals surface area contributed by atoms with E-state index >= 15 is 0 Å². The third-order valence-corrected chi connectivity index (χ3v) is 2.58.